The Morgan fingerprint density at radius 3 is 2.95 bits per heavy atom. The van der Waals surface area contributed by atoms with E-state index in [1.807, 2.05) is 0 Å². The summed E-state index contributed by atoms with van der Waals surface area (Å²) in [5.74, 6) is -0.465. The number of carbonyl (C=O) groups excluding carboxylic acids is 2. The first-order valence-corrected chi connectivity index (χ1v) is 6.59. The fourth-order valence-electron chi connectivity index (χ4n) is 1.80. The maximum absolute atomic E-state index is 11.4. The molecule has 0 aromatic heterocycles. The van der Waals surface area contributed by atoms with E-state index in [9.17, 15) is 14.7 Å². The van der Waals surface area contributed by atoms with Crippen LogP contribution in [0.2, 0.25) is 0 Å². The molecule has 2 amide bonds. The first-order valence-electron chi connectivity index (χ1n) is 5.71. The van der Waals surface area contributed by atoms with Gasteiger partial charge in [-0.05, 0) is 6.92 Å². The van der Waals surface area contributed by atoms with Crippen LogP contribution in [0, 0.1) is 0 Å². The fraction of sp³-hybridized carbons (Fsp3) is 0.636. The largest absolute Gasteiger partial charge is 0.390 e. The molecule has 0 spiro atoms. The van der Waals surface area contributed by atoms with Crippen molar-refractivity contribution in [2.45, 2.75) is 31.8 Å². The van der Waals surface area contributed by atoms with Gasteiger partial charge in [0.2, 0.25) is 6.41 Å². The predicted octanol–water partition coefficient (Wildman–Crippen LogP) is -0.0629. The van der Waals surface area contributed by atoms with Crippen molar-refractivity contribution in [2.24, 2.45) is 0 Å². The van der Waals surface area contributed by atoms with Crippen molar-refractivity contribution >= 4 is 35.3 Å². The Kier molecular flexibility index (Phi) is 6.69. The van der Waals surface area contributed by atoms with Gasteiger partial charge in [0.05, 0.1) is 12.7 Å². The number of imide groups is 1. The summed E-state index contributed by atoms with van der Waals surface area (Å²) in [4.78, 5) is 23.2. The van der Waals surface area contributed by atoms with Crippen LogP contribution in [0.5, 0.6) is 0 Å². The summed E-state index contributed by atoms with van der Waals surface area (Å²) in [6.07, 6.45) is 1.04. The maximum atomic E-state index is 11.4. The van der Waals surface area contributed by atoms with Gasteiger partial charge in [-0.2, -0.15) is 0 Å². The molecule has 2 N–H and O–H groups in total. The fourth-order valence-corrected chi connectivity index (χ4v) is 2.15. The Hall–Kier alpha value is -0.710. The third-order valence-electron chi connectivity index (χ3n) is 2.83. The Balaban J connectivity index is 2.59. The van der Waals surface area contributed by atoms with Crippen LogP contribution in [0.15, 0.2) is 11.8 Å². The zero-order valence-corrected chi connectivity index (χ0v) is 12.9. The molecular weight excluding hydrogens is 367 g/mol. The number of nitrogens with zero attached hydrogens (tertiary/aromatic N) is 1. The monoisotopic (exact) mass is 384 g/mol. The maximum Gasteiger partial charge on any atom is 0.254 e. The van der Waals surface area contributed by atoms with Gasteiger partial charge in [-0.3, -0.25) is 14.9 Å². The molecule has 0 aromatic carbocycles. The molecule has 7 nitrogen and oxygen atoms in total. The lowest BCUT2D eigenvalue weighted by molar-refractivity contribution is -0.122. The van der Waals surface area contributed by atoms with E-state index in [4.69, 9.17) is 7.80 Å². The van der Waals surface area contributed by atoms with Crippen LogP contribution in [-0.2, 0) is 17.4 Å². The number of amides is 2. The third-order valence-corrected chi connectivity index (χ3v) is 3.19. The topological polar surface area (TPSA) is 88.1 Å². The number of nitrogens with one attached hydrogen (secondary N) is 1. The molecule has 19 heavy (non-hydrogen) atoms. The van der Waals surface area contributed by atoms with Crippen LogP contribution in [0.25, 0.3) is 0 Å². The average Bonchev–Trinajstić information content (AvgIpc) is 2.72. The molecular formula is C11H17IN2O5. The Labute approximate surface area is 125 Å². The van der Waals surface area contributed by atoms with Crippen LogP contribution >= 0.6 is 23.0 Å². The zero-order valence-electron chi connectivity index (χ0n) is 10.7. The smallest absolute Gasteiger partial charge is 0.254 e. The second-order valence-corrected chi connectivity index (χ2v) is 4.90. The number of ether oxygens (including phenoxy) is 1. The van der Waals surface area contributed by atoms with E-state index >= 15 is 0 Å². The first-order chi connectivity index (χ1) is 8.99. The highest BCUT2D eigenvalue weighted by molar-refractivity contribution is 14.1. The van der Waals surface area contributed by atoms with Crippen molar-refractivity contribution in [3.05, 3.63) is 11.8 Å². The number of rotatable bonds is 6. The molecule has 0 saturated carbocycles. The van der Waals surface area contributed by atoms with Crippen molar-refractivity contribution in [2.75, 3.05) is 13.7 Å². The molecule has 1 heterocycles. The van der Waals surface area contributed by atoms with Gasteiger partial charge in [0.1, 0.15) is 35.3 Å². The Morgan fingerprint density at radius 1 is 1.68 bits per heavy atom. The number of hydrogen-bond donors (Lipinski definition) is 2. The molecule has 1 fully saturated rings. The number of aliphatic hydroxyl groups is 1. The Bertz CT molecular complexity index is 363. The normalized spacial score (nSPS) is 27.2. The van der Waals surface area contributed by atoms with Crippen LogP contribution in [0.4, 0.5) is 0 Å². The van der Waals surface area contributed by atoms with E-state index in [0.29, 0.717) is 25.0 Å². The minimum Gasteiger partial charge on any atom is -0.390 e. The van der Waals surface area contributed by atoms with Gasteiger partial charge in [0.25, 0.3) is 5.91 Å². The van der Waals surface area contributed by atoms with Gasteiger partial charge in [0.15, 0.2) is 0 Å². The molecule has 3 unspecified atom stereocenters. The Morgan fingerprint density at radius 2 is 2.37 bits per heavy atom. The molecule has 3 atom stereocenters. The average molecular weight is 384 g/mol. The summed E-state index contributed by atoms with van der Waals surface area (Å²) in [5.41, 5.74) is 0.376. The predicted molar refractivity (Wildman–Crippen MR) is 75.0 cm³/mol. The summed E-state index contributed by atoms with van der Waals surface area (Å²) in [6, 6.07) is 0. The SMILES string of the molecule is C/C(=C/N(C)C1CC(O)C(COI)O1)C(=O)NC=O. The van der Waals surface area contributed by atoms with Gasteiger partial charge in [0, 0.05) is 25.2 Å². The van der Waals surface area contributed by atoms with Crippen molar-refractivity contribution in [3.63, 3.8) is 0 Å². The number of halogens is 1. The van der Waals surface area contributed by atoms with Crippen LogP contribution in [0.1, 0.15) is 13.3 Å². The lowest BCUT2D eigenvalue weighted by atomic mass is 10.2. The zero-order chi connectivity index (χ0) is 14.4. The highest BCUT2D eigenvalue weighted by atomic mass is 127. The van der Waals surface area contributed by atoms with Crippen molar-refractivity contribution in [1.82, 2.24) is 10.2 Å². The molecule has 0 aromatic rings. The minimum atomic E-state index is -0.597. The van der Waals surface area contributed by atoms with E-state index in [1.165, 1.54) is 0 Å². The van der Waals surface area contributed by atoms with Crippen molar-refractivity contribution < 1.29 is 22.5 Å². The summed E-state index contributed by atoms with van der Waals surface area (Å²) in [5, 5.41) is 11.8. The summed E-state index contributed by atoms with van der Waals surface area (Å²) < 4.78 is 10.5. The molecule has 108 valence electrons. The third kappa shape index (κ3) is 4.71. The number of aliphatic hydroxyl groups excluding tert-OH is 1. The number of carbonyl (C=O) groups is 2. The summed E-state index contributed by atoms with van der Waals surface area (Å²) >= 11 is 1.75. The van der Waals surface area contributed by atoms with Crippen molar-refractivity contribution in [3.8, 4) is 0 Å². The molecule has 0 bridgehead atoms. The highest BCUT2D eigenvalue weighted by Gasteiger charge is 2.35. The lowest BCUT2D eigenvalue weighted by Crippen LogP contribution is -2.30. The van der Waals surface area contributed by atoms with Gasteiger partial charge in [-0.25, -0.2) is 0 Å². The molecule has 1 aliphatic rings. The lowest BCUT2D eigenvalue weighted by Gasteiger charge is -2.23. The molecule has 0 aliphatic carbocycles. The van der Waals surface area contributed by atoms with Gasteiger partial charge >= 0.3 is 0 Å². The van der Waals surface area contributed by atoms with Gasteiger partial charge in [-0.1, -0.05) is 0 Å². The van der Waals surface area contributed by atoms with E-state index in [1.54, 1.807) is 48.1 Å². The molecule has 1 saturated heterocycles. The quantitative estimate of drug-likeness (QED) is 0.379. The van der Waals surface area contributed by atoms with E-state index < -0.39 is 12.0 Å². The highest BCUT2D eigenvalue weighted by Crippen LogP contribution is 2.23. The number of hydrogen-bond acceptors (Lipinski definition) is 6. The van der Waals surface area contributed by atoms with Crippen molar-refractivity contribution in [1.29, 1.82) is 0 Å². The van der Waals surface area contributed by atoms with Gasteiger partial charge in [-0.15, -0.1) is 0 Å². The second kappa shape index (κ2) is 7.78. The van der Waals surface area contributed by atoms with Crippen LogP contribution in [-0.4, -0.2) is 54.4 Å². The summed E-state index contributed by atoms with van der Waals surface area (Å²) in [6.45, 7) is 1.90. The van der Waals surface area contributed by atoms with E-state index in [-0.39, 0.29) is 12.3 Å². The molecule has 0 radical (unpaired) electrons. The first kappa shape index (κ1) is 16.3. The van der Waals surface area contributed by atoms with Gasteiger partial charge < -0.3 is 17.8 Å². The summed E-state index contributed by atoms with van der Waals surface area (Å²) in [7, 11) is 1.74. The standard InChI is InChI=1S/C11H17IN2O5/c1-7(11(17)13-6-15)4-14(2)10-3-8(16)9(19-10)5-18-12/h4,6,8-10,16H,3,5H2,1-2H3,(H,13,15,17)/b7-4-. The molecule has 8 heteroatoms. The van der Waals surface area contributed by atoms with Crippen LogP contribution < -0.4 is 5.32 Å². The second-order valence-electron chi connectivity index (χ2n) is 4.28. The van der Waals surface area contributed by atoms with E-state index in [0.717, 1.165) is 0 Å². The minimum absolute atomic E-state index is 0.306. The molecule has 1 rings (SSSR count). The van der Waals surface area contributed by atoms with E-state index in [2.05, 4.69) is 5.32 Å². The van der Waals surface area contributed by atoms with Crippen LogP contribution in [0.3, 0.4) is 0 Å². The molecule has 1 aliphatic heterocycles.